The lowest BCUT2D eigenvalue weighted by Crippen LogP contribution is -2.34. The van der Waals surface area contributed by atoms with Gasteiger partial charge in [0.05, 0.1) is 6.21 Å². The number of halogens is 1. The van der Waals surface area contributed by atoms with E-state index < -0.39 is 6.04 Å². The average molecular weight is 378 g/mol. The number of amides is 1. The first-order valence-electron chi connectivity index (χ1n) is 6.82. The average Bonchev–Trinajstić information content (AvgIpc) is 2.51. The summed E-state index contributed by atoms with van der Waals surface area (Å²) in [5, 5.41) is 25.6. The Morgan fingerprint density at radius 2 is 1.91 bits per heavy atom. The molecule has 4 N–H and O–H groups in total. The second-order valence-corrected chi connectivity index (χ2v) is 5.77. The summed E-state index contributed by atoms with van der Waals surface area (Å²) in [5.74, 6) is -0.484. The fourth-order valence-corrected chi connectivity index (χ4v) is 2.03. The molecule has 0 bridgehead atoms. The number of phenols is 2. The highest BCUT2D eigenvalue weighted by Gasteiger charge is 2.11. The van der Waals surface area contributed by atoms with Gasteiger partial charge in [-0.15, -0.1) is 0 Å². The molecular formula is C16H16BrN3O3. The number of benzene rings is 2. The summed E-state index contributed by atoms with van der Waals surface area (Å²) in [7, 11) is 0. The third kappa shape index (κ3) is 5.00. The number of hydrogen-bond acceptors (Lipinski definition) is 5. The first kappa shape index (κ1) is 16.8. The Bertz CT molecular complexity index is 717. The molecule has 0 unspecified atom stereocenters. The van der Waals surface area contributed by atoms with Crippen LogP contribution in [0, 0.1) is 0 Å². The summed E-state index contributed by atoms with van der Waals surface area (Å²) in [6.45, 7) is 1.71. The van der Waals surface area contributed by atoms with Crippen molar-refractivity contribution < 1.29 is 15.0 Å². The number of phenolic OH excluding ortho intramolecular Hbond substituents is 2. The summed E-state index contributed by atoms with van der Waals surface area (Å²) in [5.41, 5.74) is 3.59. The number of carbonyl (C=O) groups is 1. The van der Waals surface area contributed by atoms with E-state index in [0.29, 0.717) is 5.56 Å². The molecule has 0 saturated carbocycles. The molecule has 2 aromatic rings. The van der Waals surface area contributed by atoms with Gasteiger partial charge in [-0.25, -0.2) is 5.43 Å². The number of carbonyl (C=O) groups excluding carboxylic acids is 1. The molecule has 0 aliphatic carbocycles. The van der Waals surface area contributed by atoms with Gasteiger partial charge in [0.15, 0.2) is 0 Å². The summed E-state index contributed by atoms with van der Waals surface area (Å²) in [6.07, 6.45) is 1.30. The van der Waals surface area contributed by atoms with Crippen LogP contribution in [0.25, 0.3) is 0 Å². The van der Waals surface area contributed by atoms with Gasteiger partial charge in [0.2, 0.25) is 0 Å². The fourth-order valence-electron chi connectivity index (χ4n) is 1.77. The van der Waals surface area contributed by atoms with E-state index in [1.54, 1.807) is 6.92 Å². The Balaban J connectivity index is 1.90. The first-order valence-corrected chi connectivity index (χ1v) is 7.62. The molecule has 0 fully saturated rings. The lowest BCUT2D eigenvalue weighted by Gasteiger charge is -2.13. The number of anilines is 1. The minimum absolute atomic E-state index is 0.0454. The van der Waals surface area contributed by atoms with E-state index in [1.807, 2.05) is 24.3 Å². The van der Waals surface area contributed by atoms with Gasteiger partial charge in [-0.05, 0) is 43.3 Å². The summed E-state index contributed by atoms with van der Waals surface area (Å²) in [4.78, 5) is 11.9. The Hall–Kier alpha value is -2.54. The van der Waals surface area contributed by atoms with Crippen LogP contribution in [-0.4, -0.2) is 28.4 Å². The monoisotopic (exact) mass is 377 g/mol. The Morgan fingerprint density at radius 1 is 1.22 bits per heavy atom. The largest absolute Gasteiger partial charge is 0.508 e. The predicted octanol–water partition coefficient (Wildman–Crippen LogP) is 2.81. The van der Waals surface area contributed by atoms with Crippen LogP contribution in [-0.2, 0) is 4.79 Å². The number of rotatable bonds is 5. The Labute approximate surface area is 142 Å². The van der Waals surface area contributed by atoms with E-state index in [-0.39, 0.29) is 17.4 Å². The van der Waals surface area contributed by atoms with Crippen molar-refractivity contribution in [3.05, 3.63) is 52.5 Å². The van der Waals surface area contributed by atoms with Crippen molar-refractivity contribution in [2.45, 2.75) is 13.0 Å². The first-order chi connectivity index (χ1) is 11.0. The standard InChI is InChI=1S/C16H16BrN3O3/c1-10(19-13-5-3-12(17)4-6-13)16(23)20-18-9-11-2-7-14(21)8-15(11)22/h2-10,19,21-22H,1H3,(H,20,23)/b18-9+/t10-/m0/s1. The lowest BCUT2D eigenvalue weighted by molar-refractivity contribution is -0.121. The molecule has 0 saturated heterocycles. The topological polar surface area (TPSA) is 94.0 Å². The molecule has 0 heterocycles. The van der Waals surface area contributed by atoms with Crippen LogP contribution in [0.15, 0.2) is 52.0 Å². The second kappa shape index (κ2) is 7.64. The van der Waals surface area contributed by atoms with Crippen molar-refractivity contribution in [2.24, 2.45) is 5.10 Å². The zero-order valence-corrected chi connectivity index (χ0v) is 13.9. The number of nitrogens with zero attached hydrogens (tertiary/aromatic N) is 1. The van der Waals surface area contributed by atoms with E-state index in [4.69, 9.17) is 0 Å². The lowest BCUT2D eigenvalue weighted by atomic mass is 10.2. The van der Waals surface area contributed by atoms with Crippen molar-refractivity contribution in [3.8, 4) is 11.5 Å². The molecular weight excluding hydrogens is 362 g/mol. The van der Waals surface area contributed by atoms with E-state index in [9.17, 15) is 15.0 Å². The number of nitrogens with one attached hydrogen (secondary N) is 2. The van der Waals surface area contributed by atoms with Gasteiger partial charge in [0.1, 0.15) is 17.5 Å². The number of hydrazone groups is 1. The zero-order valence-electron chi connectivity index (χ0n) is 12.3. The van der Waals surface area contributed by atoms with E-state index >= 15 is 0 Å². The summed E-state index contributed by atoms with van der Waals surface area (Å²) >= 11 is 3.34. The molecule has 0 aliphatic heterocycles. The van der Waals surface area contributed by atoms with Crippen LogP contribution in [0.5, 0.6) is 11.5 Å². The van der Waals surface area contributed by atoms with Crippen molar-refractivity contribution >= 4 is 33.7 Å². The van der Waals surface area contributed by atoms with Gasteiger partial charge in [-0.2, -0.15) is 5.10 Å². The maximum Gasteiger partial charge on any atom is 0.262 e. The third-order valence-electron chi connectivity index (χ3n) is 3.01. The van der Waals surface area contributed by atoms with Crippen LogP contribution in [0.4, 0.5) is 5.69 Å². The number of aromatic hydroxyl groups is 2. The smallest absolute Gasteiger partial charge is 0.262 e. The Morgan fingerprint density at radius 3 is 2.57 bits per heavy atom. The molecule has 0 aromatic heterocycles. The molecule has 0 aliphatic rings. The molecule has 1 amide bonds. The van der Waals surface area contributed by atoms with Crippen LogP contribution in [0.2, 0.25) is 0 Å². The van der Waals surface area contributed by atoms with Gasteiger partial charge in [-0.3, -0.25) is 4.79 Å². The molecule has 0 spiro atoms. The minimum Gasteiger partial charge on any atom is -0.508 e. The quantitative estimate of drug-likeness (QED) is 0.476. The molecule has 2 aromatic carbocycles. The molecule has 120 valence electrons. The molecule has 2 rings (SSSR count). The van der Waals surface area contributed by atoms with Crippen LogP contribution >= 0.6 is 15.9 Å². The maximum absolute atomic E-state index is 11.9. The molecule has 1 atom stereocenters. The van der Waals surface area contributed by atoms with Gasteiger partial charge >= 0.3 is 0 Å². The van der Waals surface area contributed by atoms with Crippen LogP contribution in [0.1, 0.15) is 12.5 Å². The Kier molecular flexibility index (Phi) is 5.59. The maximum atomic E-state index is 11.9. The summed E-state index contributed by atoms with van der Waals surface area (Å²) < 4.78 is 0.957. The summed E-state index contributed by atoms with van der Waals surface area (Å²) in [6, 6.07) is 11.1. The van der Waals surface area contributed by atoms with E-state index in [0.717, 1.165) is 10.2 Å². The van der Waals surface area contributed by atoms with E-state index in [1.165, 1.54) is 24.4 Å². The van der Waals surface area contributed by atoms with Gasteiger partial charge in [0, 0.05) is 21.8 Å². The second-order valence-electron chi connectivity index (χ2n) is 4.85. The van der Waals surface area contributed by atoms with Crippen molar-refractivity contribution in [1.29, 1.82) is 0 Å². The SMILES string of the molecule is C[C@H](Nc1ccc(Br)cc1)C(=O)N/N=C/c1ccc(O)cc1O. The van der Waals surface area contributed by atoms with Gasteiger partial charge in [0.25, 0.3) is 5.91 Å². The zero-order chi connectivity index (χ0) is 16.8. The highest BCUT2D eigenvalue weighted by Crippen LogP contribution is 2.20. The minimum atomic E-state index is -0.484. The molecule has 7 heteroatoms. The van der Waals surface area contributed by atoms with Gasteiger partial charge < -0.3 is 15.5 Å². The van der Waals surface area contributed by atoms with Crippen LogP contribution in [0.3, 0.4) is 0 Å². The molecule has 0 radical (unpaired) electrons. The number of hydrogen-bond donors (Lipinski definition) is 4. The highest BCUT2D eigenvalue weighted by atomic mass is 79.9. The fraction of sp³-hybridized carbons (Fsp3) is 0.125. The van der Waals surface area contributed by atoms with Crippen molar-refractivity contribution in [2.75, 3.05) is 5.32 Å². The van der Waals surface area contributed by atoms with E-state index in [2.05, 4.69) is 31.8 Å². The van der Waals surface area contributed by atoms with Gasteiger partial charge in [-0.1, -0.05) is 15.9 Å². The predicted molar refractivity (Wildman–Crippen MR) is 92.7 cm³/mol. The highest BCUT2D eigenvalue weighted by molar-refractivity contribution is 9.10. The van der Waals surface area contributed by atoms with Crippen molar-refractivity contribution in [3.63, 3.8) is 0 Å². The normalized spacial score (nSPS) is 12.1. The van der Waals surface area contributed by atoms with Crippen LogP contribution < -0.4 is 10.7 Å². The molecule has 23 heavy (non-hydrogen) atoms. The molecule has 6 nitrogen and oxygen atoms in total. The third-order valence-corrected chi connectivity index (χ3v) is 3.54. The van der Waals surface area contributed by atoms with Crippen molar-refractivity contribution in [1.82, 2.24) is 5.43 Å².